The molecule has 6 atom stereocenters. The predicted octanol–water partition coefficient (Wildman–Crippen LogP) is 3.05. The third-order valence-electron chi connectivity index (χ3n) is 6.74. The highest BCUT2D eigenvalue weighted by Gasteiger charge is 2.58. The maximum absolute atomic E-state index is 16.3. The van der Waals surface area contributed by atoms with Gasteiger partial charge in [0.15, 0.2) is 23.2 Å². The summed E-state index contributed by atoms with van der Waals surface area (Å²) in [5.41, 5.74) is -2.09. The van der Waals surface area contributed by atoms with E-state index in [1.807, 2.05) is 5.92 Å². The van der Waals surface area contributed by atoms with Gasteiger partial charge in [-0.3, -0.25) is 13.9 Å². The number of nitrogens with one attached hydrogen (secondary N) is 2. The second-order valence-electron chi connectivity index (χ2n) is 10.0. The summed E-state index contributed by atoms with van der Waals surface area (Å²) in [7, 11) is -4.31. The number of hydrogen-bond donors (Lipinski definition) is 3. The van der Waals surface area contributed by atoms with E-state index in [0.717, 1.165) is 12.8 Å². The van der Waals surface area contributed by atoms with Crippen LogP contribution in [0, 0.1) is 19.3 Å². The van der Waals surface area contributed by atoms with E-state index in [-0.39, 0.29) is 24.0 Å². The van der Waals surface area contributed by atoms with Crippen molar-refractivity contribution < 1.29 is 37.4 Å². The second kappa shape index (κ2) is 11.9. The van der Waals surface area contributed by atoms with Crippen molar-refractivity contribution in [1.29, 1.82) is 0 Å². The number of alkyl halides is 1. The largest absolute Gasteiger partial charge is 0.465 e. The fraction of sp³-hybridized carbons (Fsp3) is 0.481. The van der Waals surface area contributed by atoms with Crippen molar-refractivity contribution in [3.05, 3.63) is 42.5 Å². The fourth-order valence-corrected chi connectivity index (χ4v) is 5.97. The van der Waals surface area contributed by atoms with Crippen molar-refractivity contribution >= 4 is 30.7 Å². The van der Waals surface area contributed by atoms with E-state index in [2.05, 4.69) is 25.4 Å². The highest BCUT2D eigenvalue weighted by molar-refractivity contribution is 7.52. The first-order valence-electron chi connectivity index (χ1n) is 13.5. The van der Waals surface area contributed by atoms with Gasteiger partial charge in [-0.1, -0.05) is 24.1 Å². The van der Waals surface area contributed by atoms with Crippen LogP contribution in [0.15, 0.2) is 36.7 Å². The molecule has 42 heavy (non-hydrogen) atoms. The van der Waals surface area contributed by atoms with Crippen molar-refractivity contribution in [2.24, 2.45) is 0 Å². The molecule has 2 aromatic heterocycles. The van der Waals surface area contributed by atoms with Crippen LogP contribution in [-0.4, -0.2) is 73.8 Å². The number of benzene rings is 1. The van der Waals surface area contributed by atoms with E-state index in [0.29, 0.717) is 17.2 Å². The number of ether oxygens (including phenoxy) is 2. The molecule has 5 rings (SSSR count). The first-order chi connectivity index (χ1) is 20.1. The lowest BCUT2D eigenvalue weighted by atomic mass is 9.97. The number of nitrogens with zero attached hydrogens (tertiary/aromatic N) is 4. The average molecular weight is 603 g/mol. The molecule has 15 heteroatoms. The first-order valence-corrected chi connectivity index (χ1v) is 15.0. The quantitative estimate of drug-likeness (QED) is 0.158. The zero-order valence-electron chi connectivity index (χ0n) is 23.3. The molecule has 1 aromatic carbocycles. The fourth-order valence-electron chi connectivity index (χ4n) is 4.47. The van der Waals surface area contributed by atoms with E-state index in [1.54, 1.807) is 32.0 Å². The molecule has 3 heterocycles. The number of halogens is 1. The summed E-state index contributed by atoms with van der Waals surface area (Å²) in [6.45, 7) is 4.23. The Kier molecular flexibility index (Phi) is 8.50. The van der Waals surface area contributed by atoms with E-state index < -0.39 is 50.5 Å². The number of esters is 1. The number of carbonyl (C=O) groups excluding carboxylic acids is 1. The molecule has 0 unspecified atom stereocenters. The molecule has 0 amide bonds. The van der Waals surface area contributed by atoms with Gasteiger partial charge in [-0.05, 0) is 45.7 Å². The van der Waals surface area contributed by atoms with E-state index in [9.17, 15) is 14.5 Å². The summed E-state index contributed by atoms with van der Waals surface area (Å²) in [6.07, 6.45) is 4.05. The molecule has 1 aliphatic carbocycles. The van der Waals surface area contributed by atoms with E-state index in [4.69, 9.17) is 24.9 Å². The van der Waals surface area contributed by atoms with Gasteiger partial charge in [0, 0.05) is 6.04 Å². The minimum absolute atomic E-state index is 0.106. The van der Waals surface area contributed by atoms with Gasteiger partial charge in [-0.15, -0.1) is 6.42 Å². The van der Waals surface area contributed by atoms with Crippen LogP contribution in [0.4, 0.5) is 10.2 Å². The lowest BCUT2D eigenvalue weighted by molar-refractivity contribution is -0.144. The van der Waals surface area contributed by atoms with E-state index >= 15 is 4.39 Å². The minimum Gasteiger partial charge on any atom is -0.465 e. The number of imidazole rings is 1. The maximum Gasteiger partial charge on any atom is 0.459 e. The summed E-state index contributed by atoms with van der Waals surface area (Å²) in [5, 5.41) is 16.8. The molecular formula is C27H32FN6O7P. The Hall–Kier alpha value is -3.60. The second-order valence-corrected chi connectivity index (χ2v) is 11.7. The molecular weight excluding hydrogens is 570 g/mol. The van der Waals surface area contributed by atoms with Crippen LogP contribution in [0.3, 0.4) is 0 Å². The standard InChI is InChI=1S/C27H32FN6O7P/c1-5-27(28)22(35)20(14-39-42(37,33-16(3)25(36)38-6-2)41-19-10-8-7-9-11-19)40-26(27)34-15-29-21-23(32-18-12-13-18)30-17(4)31-24(21)34/h1,7-11,15-16,18,20,22,26,35H,6,12-14H2,2-4H3,(H,33,37)(H,30,31,32)/t16-,20-,22-,26-,27-,42-/m1/s1. The van der Waals surface area contributed by atoms with Crippen LogP contribution in [-0.2, 0) is 23.4 Å². The number of hydrogen-bond acceptors (Lipinski definition) is 11. The van der Waals surface area contributed by atoms with Crippen molar-refractivity contribution in [3.63, 3.8) is 0 Å². The Labute approximate surface area is 241 Å². The number of fused-ring (bicyclic) bond motifs is 1. The molecule has 3 N–H and O–H groups in total. The topological polar surface area (TPSA) is 159 Å². The number of aliphatic hydroxyl groups is 1. The van der Waals surface area contributed by atoms with Gasteiger partial charge in [0.1, 0.15) is 29.8 Å². The third kappa shape index (κ3) is 6.11. The highest BCUT2D eigenvalue weighted by Crippen LogP contribution is 2.48. The molecule has 2 fully saturated rings. The van der Waals surface area contributed by atoms with Gasteiger partial charge in [-0.2, -0.15) is 5.09 Å². The summed E-state index contributed by atoms with van der Waals surface area (Å²) in [5.74, 6) is 2.41. The van der Waals surface area contributed by atoms with E-state index in [1.165, 1.54) is 30.0 Å². The lowest BCUT2D eigenvalue weighted by Gasteiger charge is -2.25. The number of aromatic nitrogens is 4. The zero-order valence-corrected chi connectivity index (χ0v) is 24.2. The molecule has 1 aliphatic heterocycles. The first kappa shape index (κ1) is 29.9. The Bertz CT molecular complexity index is 1530. The summed E-state index contributed by atoms with van der Waals surface area (Å²) >= 11 is 0. The third-order valence-corrected chi connectivity index (χ3v) is 8.38. The predicted molar refractivity (Wildman–Crippen MR) is 149 cm³/mol. The van der Waals surface area contributed by atoms with Crippen molar-refractivity contribution in [1.82, 2.24) is 24.6 Å². The monoisotopic (exact) mass is 602 g/mol. The van der Waals surface area contributed by atoms with Crippen molar-refractivity contribution in [2.45, 2.75) is 69.8 Å². The Morgan fingerprint density at radius 1 is 1.36 bits per heavy atom. The molecule has 3 aromatic rings. The van der Waals surface area contributed by atoms with Crippen molar-refractivity contribution in [2.75, 3.05) is 18.5 Å². The number of para-hydroxylation sites is 1. The molecule has 1 saturated carbocycles. The number of carbonyl (C=O) groups is 1. The lowest BCUT2D eigenvalue weighted by Crippen LogP contribution is -2.42. The molecule has 2 aliphatic rings. The van der Waals surface area contributed by atoms with Crippen LogP contribution in [0.1, 0.15) is 38.7 Å². The molecule has 0 spiro atoms. The highest BCUT2D eigenvalue weighted by atomic mass is 31.2. The van der Waals surface area contributed by atoms with Crippen LogP contribution < -0.4 is 14.9 Å². The molecule has 1 saturated heterocycles. The average Bonchev–Trinajstić information content (AvgIpc) is 3.62. The van der Waals surface area contributed by atoms with Gasteiger partial charge in [0.25, 0.3) is 0 Å². The minimum atomic E-state index is -4.31. The molecule has 0 bridgehead atoms. The summed E-state index contributed by atoms with van der Waals surface area (Å²) in [6, 6.07) is 7.29. The Morgan fingerprint density at radius 2 is 2.10 bits per heavy atom. The van der Waals surface area contributed by atoms with Crippen molar-refractivity contribution in [3.8, 4) is 18.1 Å². The molecule has 13 nitrogen and oxygen atoms in total. The summed E-state index contributed by atoms with van der Waals surface area (Å²) < 4.78 is 53.4. The van der Waals surface area contributed by atoms with Gasteiger partial charge in [-0.25, -0.2) is 23.9 Å². The smallest absolute Gasteiger partial charge is 0.459 e. The van der Waals surface area contributed by atoms with Crippen LogP contribution >= 0.6 is 7.75 Å². The van der Waals surface area contributed by atoms with Gasteiger partial charge < -0.3 is 24.4 Å². The maximum atomic E-state index is 16.3. The molecule has 224 valence electrons. The number of aliphatic hydroxyl groups excluding tert-OH is 1. The molecule has 0 radical (unpaired) electrons. The zero-order chi connectivity index (χ0) is 30.1. The van der Waals surface area contributed by atoms with Crippen LogP contribution in [0.25, 0.3) is 11.2 Å². The summed E-state index contributed by atoms with van der Waals surface area (Å²) in [4.78, 5) is 25.4. The number of aryl methyl sites for hydroxylation is 1. The van der Waals surface area contributed by atoms with Gasteiger partial charge >= 0.3 is 13.7 Å². The number of terminal acetylenes is 1. The van der Waals surface area contributed by atoms with Crippen LogP contribution in [0.5, 0.6) is 5.75 Å². The van der Waals surface area contributed by atoms with Crippen LogP contribution in [0.2, 0.25) is 0 Å². The SMILES string of the molecule is C#C[C@@]1(F)[C@H](O)[C@@H](CO[P@](=O)(N[C@H](C)C(=O)OCC)Oc2ccccc2)O[C@H]1n1cnc2c(NC3CC3)nc(C)nc21. The Morgan fingerprint density at radius 3 is 2.76 bits per heavy atom. The Balaban J connectivity index is 1.39. The normalized spacial score (nSPS) is 25.9. The number of rotatable bonds is 12. The number of anilines is 1. The van der Waals surface area contributed by atoms with Gasteiger partial charge in [0.2, 0.25) is 5.67 Å². The van der Waals surface area contributed by atoms with Gasteiger partial charge in [0.05, 0.1) is 19.5 Å².